The Hall–Kier alpha value is -1.06. The van der Waals surface area contributed by atoms with Gasteiger partial charge in [-0.3, -0.25) is 0 Å². The normalized spacial score (nSPS) is 18.0. The van der Waals surface area contributed by atoms with E-state index >= 15 is 0 Å². The van der Waals surface area contributed by atoms with Crippen molar-refractivity contribution in [3.05, 3.63) is 35.1 Å². The van der Waals surface area contributed by atoms with E-state index in [0.717, 1.165) is 32.1 Å². The lowest BCUT2D eigenvalue weighted by atomic mass is 9.83. The van der Waals surface area contributed by atoms with Gasteiger partial charge < -0.3 is 0 Å². The Bertz CT molecular complexity index is 403. The van der Waals surface area contributed by atoms with Crippen LogP contribution in [0.5, 0.6) is 0 Å². The van der Waals surface area contributed by atoms with Crippen LogP contribution in [0.1, 0.15) is 49.1 Å². The van der Waals surface area contributed by atoms with Crippen LogP contribution >= 0.6 is 0 Å². The summed E-state index contributed by atoms with van der Waals surface area (Å²) in [4.78, 5) is 0. The molecule has 0 N–H and O–H groups in total. The van der Waals surface area contributed by atoms with Gasteiger partial charge in [-0.25, -0.2) is 4.39 Å². The molecule has 1 aliphatic carbocycles. The van der Waals surface area contributed by atoms with E-state index in [1.807, 2.05) is 0 Å². The van der Waals surface area contributed by atoms with Gasteiger partial charge >= 0.3 is 6.18 Å². The molecule has 0 atom stereocenters. The minimum atomic E-state index is -4.23. The fourth-order valence-corrected chi connectivity index (χ4v) is 2.66. The molecular formula is C14H16F4. The summed E-state index contributed by atoms with van der Waals surface area (Å²) >= 11 is 0. The molecule has 0 aliphatic heterocycles. The van der Waals surface area contributed by atoms with E-state index in [0.29, 0.717) is 5.56 Å². The van der Waals surface area contributed by atoms with Crippen molar-refractivity contribution in [2.24, 2.45) is 0 Å². The minimum Gasteiger partial charge on any atom is -0.207 e. The van der Waals surface area contributed by atoms with E-state index < -0.39 is 12.6 Å². The highest BCUT2D eigenvalue weighted by Crippen LogP contribution is 2.35. The van der Waals surface area contributed by atoms with E-state index in [2.05, 4.69) is 0 Å². The Morgan fingerprint density at radius 2 is 1.72 bits per heavy atom. The van der Waals surface area contributed by atoms with Crippen molar-refractivity contribution >= 4 is 0 Å². The maximum absolute atomic E-state index is 13.7. The Kier molecular flexibility index (Phi) is 3.93. The molecule has 0 radical (unpaired) electrons. The van der Waals surface area contributed by atoms with Gasteiger partial charge in [-0.1, -0.05) is 31.4 Å². The largest absolute Gasteiger partial charge is 0.393 e. The van der Waals surface area contributed by atoms with Gasteiger partial charge in [-0.05, 0) is 36.0 Å². The molecule has 0 heterocycles. The van der Waals surface area contributed by atoms with E-state index in [9.17, 15) is 17.6 Å². The van der Waals surface area contributed by atoms with Crippen LogP contribution in [0.2, 0.25) is 0 Å². The van der Waals surface area contributed by atoms with Gasteiger partial charge in [-0.15, -0.1) is 0 Å². The molecular weight excluding hydrogens is 244 g/mol. The predicted octanol–water partition coefficient (Wildman–Crippen LogP) is 4.98. The summed E-state index contributed by atoms with van der Waals surface area (Å²) < 4.78 is 50.7. The summed E-state index contributed by atoms with van der Waals surface area (Å²) in [7, 11) is 0. The lowest BCUT2D eigenvalue weighted by Gasteiger charge is -2.23. The fraction of sp³-hybridized carbons (Fsp3) is 0.571. The monoisotopic (exact) mass is 260 g/mol. The van der Waals surface area contributed by atoms with Crippen molar-refractivity contribution in [2.45, 2.75) is 50.6 Å². The first-order chi connectivity index (χ1) is 8.46. The third-order valence-electron chi connectivity index (χ3n) is 3.51. The molecule has 0 spiro atoms. The smallest absolute Gasteiger partial charge is 0.207 e. The highest BCUT2D eigenvalue weighted by atomic mass is 19.4. The molecule has 0 nitrogen and oxygen atoms in total. The summed E-state index contributed by atoms with van der Waals surface area (Å²) in [6, 6.07) is 3.80. The van der Waals surface area contributed by atoms with Crippen molar-refractivity contribution in [1.29, 1.82) is 0 Å². The second-order valence-corrected chi connectivity index (χ2v) is 4.98. The lowest BCUT2D eigenvalue weighted by Crippen LogP contribution is -2.13. The Balaban J connectivity index is 2.20. The highest BCUT2D eigenvalue weighted by molar-refractivity contribution is 5.29. The van der Waals surface area contributed by atoms with Crippen LogP contribution in [0.4, 0.5) is 17.6 Å². The molecule has 0 unspecified atom stereocenters. The van der Waals surface area contributed by atoms with Crippen LogP contribution in [0.3, 0.4) is 0 Å². The minimum absolute atomic E-state index is 0.0898. The van der Waals surface area contributed by atoms with Crippen LogP contribution < -0.4 is 0 Å². The zero-order valence-corrected chi connectivity index (χ0v) is 10.1. The van der Waals surface area contributed by atoms with Gasteiger partial charge in [-0.2, -0.15) is 13.2 Å². The second kappa shape index (κ2) is 5.29. The van der Waals surface area contributed by atoms with Gasteiger partial charge in [0.15, 0.2) is 0 Å². The first-order valence-electron chi connectivity index (χ1n) is 6.31. The first-order valence-corrected chi connectivity index (χ1v) is 6.31. The molecule has 0 bridgehead atoms. The molecule has 1 saturated carbocycles. The molecule has 1 aromatic carbocycles. The quantitative estimate of drug-likeness (QED) is 0.658. The number of alkyl halides is 3. The number of benzene rings is 1. The maximum Gasteiger partial charge on any atom is 0.393 e. The van der Waals surface area contributed by atoms with Gasteiger partial charge in [0.2, 0.25) is 0 Å². The number of hydrogen-bond acceptors (Lipinski definition) is 0. The van der Waals surface area contributed by atoms with Crippen LogP contribution in [0.25, 0.3) is 0 Å². The van der Waals surface area contributed by atoms with Crippen molar-refractivity contribution in [2.75, 3.05) is 0 Å². The van der Waals surface area contributed by atoms with Gasteiger partial charge in [0, 0.05) is 0 Å². The topological polar surface area (TPSA) is 0 Å². The Morgan fingerprint density at radius 3 is 2.33 bits per heavy atom. The Labute approximate surface area is 104 Å². The van der Waals surface area contributed by atoms with Crippen LogP contribution in [0, 0.1) is 5.82 Å². The number of halogens is 4. The van der Waals surface area contributed by atoms with Crippen molar-refractivity contribution in [1.82, 2.24) is 0 Å². The summed E-state index contributed by atoms with van der Waals surface area (Å²) in [5.41, 5.74) is 0.626. The van der Waals surface area contributed by atoms with Gasteiger partial charge in [0.25, 0.3) is 0 Å². The molecule has 100 valence electrons. The number of rotatable bonds is 2. The van der Waals surface area contributed by atoms with Gasteiger partial charge in [0.1, 0.15) is 5.82 Å². The lowest BCUT2D eigenvalue weighted by molar-refractivity contribution is -0.127. The zero-order valence-electron chi connectivity index (χ0n) is 10.1. The molecule has 0 amide bonds. The third kappa shape index (κ3) is 3.47. The average molecular weight is 260 g/mol. The molecule has 2 rings (SSSR count). The van der Waals surface area contributed by atoms with Crippen LogP contribution in [-0.2, 0) is 6.42 Å². The average Bonchev–Trinajstić information content (AvgIpc) is 2.31. The first kappa shape index (κ1) is 13.4. The van der Waals surface area contributed by atoms with Crippen molar-refractivity contribution in [3.63, 3.8) is 0 Å². The van der Waals surface area contributed by atoms with Crippen molar-refractivity contribution < 1.29 is 17.6 Å². The standard InChI is InChI=1S/C14H16F4/c15-13-7-6-10(9-14(16,17)18)8-12(13)11-4-2-1-3-5-11/h6-8,11H,1-5,9H2. The molecule has 1 fully saturated rings. The molecule has 4 heteroatoms. The van der Waals surface area contributed by atoms with E-state index in [1.165, 1.54) is 18.2 Å². The molecule has 18 heavy (non-hydrogen) atoms. The van der Waals surface area contributed by atoms with E-state index in [-0.39, 0.29) is 17.3 Å². The Morgan fingerprint density at radius 1 is 1.06 bits per heavy atom. The summed E-state index contributed by atoms with van der Waals surface area (Å²) in [5.74, 6) is -0.278. The summed E-state index contributed by atoms with van der Waals surface area (Å²) in [6.07, 6.45) is -0.241. The zero-order chi connectivity index (χ0) is 13.2. The summed E-state index contributed by atoms with van der Waals surface area (Å²) in [6.45, 7) is 0. The van der Waals surface area contributed by atoms with Gasteiger partial charge in [0.05, 0.1) is 6.42 Å². The SMILES string of the molecule is Fc1ccc(CC(F)(F)F)cc1C1CCCCC1. The highest BCUT2D eigenvalue weighted by Gasteiger charge is 2.28. The second-order valence-electron chi connectivity index (χ2n) is 4.98. The number of hydrogen-bond donors (Lipinski definition) is 0. The van der Waals surface area contributed by atoms with Crippen LogP contribution in [-0.4, -0.2) is 6.18 Å². The third-order valence-corrected chi connectivity index (χ3v) is 3.51. The van der Waals surface area contributed by atoms with E-state index in [4.69, 9.17) is 0 Å². The maximum atomic E-state index is 13.7. The molecule has 0 aromatic heterocycles. The summed E-state index contributed by atoms with van der Waals surface area (Å²) in [5, 5.41) is 0. The molecule has 0 saturated heterocycles. The molecule has 1 aliphatic rings. The van der Waals surface area contributed by atoms with Crippen LogP contribution in [0.15, 0.2) is 18.2 Å². The molecule has 1 aromatic rings. The van der Waals surface area contributed by atoms with Crippen molar-refractivity contribution in [3.8, 4) is 0 Å². The van der Waals surface area contributed by atoms with E-state index in [1.54, 1.807) is 0 Å². The predicted molar refractivity (Wildman–Crippen MR) is 62.0 cm³/mol. The fourth-order valence-electron chi connectivity index (χ4n) is 2.66.